The lowest BCUT2D eigenvalue weighted by molar-refractivity contribution is -0.125. The van der Waals surface area contributed by atoms with Gasteiger partial charge in [-0.15, -0.1) is 0 Å². The van der Waals surface area contributed by atoms with Gasteiger partial charge in [0.2, 0.25) is 5.91 Å². The maximum absolute atomic E-state index is 13.5. The van der Waals surface area contributed by atoms with Gasteiger partial charge in [-0.1, -0.05) is 80.4 Å². The second kappa shape index (κ2) is 10.6. The van der Waals surface area contributed by atoms with Crippen molar-refractivity contribution >= 4 is 5.91 Å². The lowest BCUT2D eigenvalue weighted by atomic mass is 10.0. The van der Waals surface area contributed by atoms with Crippen molar-refractivity contribution in [2.75, 3.05) is 13.1 Å². The molecule has 0 saturated carbocycles. The summed E-state index contributed by atoms with van der Waals surface area (Å²) in [7, 11) is 0. The Balaban J connectivity index is 1.60. The molecule has 0 radical (unpaired) electrons. The zero-order valence-corrected chi connectivity index (χ0v) is 19.7. The first-order valence-corrected chi connectivity index (χ1v) is 11.9. The molecule has 178 valence electrons. The maximum Gasteiger partial charge on any atom is 0.243 e. The molecule has 1 amide bonds. The molecule has 2 aromatic carbocycles. The largest absolute Gasteiger partial charge is 0.382 e. The van der Waals surface area contributed by atoms with Crippen LogP contribution in [0.2, 0.25) is 0 Å². The predicted octanol–water partition coefficient (Wildman–Crippen LogP) is 2.46. The molecule has 5 N–H and O–H groups in total. The van der Waals surface area contributed by atoms with E-state index in [4.69, 9.17) is 5.73 Å². The van der Waals surface area contributed by atoms with E-state index in [1.54, 1.807) is 0 Å². The van der Waals surface area contributed by atoms with Crippen molar-refractivity contribution in [2.45, 2.75) is 43.4 Å². The zero-order valence-electron chi connectivity index (χ0n) is 19.7. The number of fused-ring (bicyclic) bond motifs is 1. The number of hydrogen-bond acceptors (Lipinski definition) is 5. The van der Waals surface area contributed by atoms with Gasteiger partial charge in [-0.3, -0.25) is 4.79 Å². The van der Waals surface area contributed by atoms with E-state index in [9.17, 15) is 4.79 Å². The van der Waals surface area contributed by atoms with Gasteiger partial charge in [-0.05, 0) is 30.4 Å². The van der Waals surface area contributed by atoms with Gasteiger partial charge < -0.3 is 26.6 Å². The normalized spacial score (nSPS) is 26.0. The molecule has 0 bridgehead atoms. The Kier molecular flexibility index (Phi) is 7.38. The van der Waals surface area contributed by atoms with Gasteiger partial charge in [-0.2, -0.15) is 0 Å². The van der Waals surface area contributed by atoms with E-state index < -0.39 is 0 Å². The molecule has 6 nitrogen and oxygen atoms in total. The van der Waals surface area contributed by atoms with E-state index in [0.717, 1.165) is 29.1 Å². The van der Waals surface area contributed by atoms with Gasteiger partial charge in [0.25, 0.3) is 0 Å². The van der Waals surface area contributed by atoms with Crippen LogP contribution in [-0.2, 0) is 17.6 Å². The SMILES string of the molecule is C=C1CNC(=C)C(Cc2ccccc2)NC(=O)[C@H]2CC(N)CN2C(=C)C(Cc2ccccc2)N1. The summed E-state index contributed by atoms with van der Waals surface area (Å²) in [5, 5.41) is 10.2. The molecular formula is C28H35N5O. The fraction of sp³-hybridized carbons (Fsp3) is 0.321. The number of rotatable bonds is 4. The van der Waals surface area contributed by atoms with Crippen LogP contribution in [0.4, 0.5) is 0 Å². The second-order valence-electron chi connectivity index (χ2n) is 9.28. The highest BCUT2D eigenvalue weighted by molar-refractivity contribution is 5.83. The monoisotopic (exact) mass is 457 g/mol. The summed E-state index contributed by atoms with van der Waals surface area (Å²) >= 11 is 0. The van der Waals surface area contributed by atoms with E-state index >= 15 is 0 Å². The van der Waals surface area contributed by atoms with Gasteiger partial charge in [0.15, 0.2) is 0 Å². The second-order valence-corrected chi connectivity index (χ2v) is 9.28. The highest BCUT2D eigenvalue weighted by atomic mass is 16.2. The van der Waals surface area contributed by atoms with Gasteiger partial charge in [0, 0.05) is 29.7 Å². The molecular weight excluding hydrogens is 422 g/mol. The topological polar surface area (TPSA) is 82.4 Å². The lowest BCUT2D eigenvalue weighted by Crippen LogP contribution is -2.52. The predicted molar refractivity (Wildman–Crippen MR) is 138 cm³/mol. The molecule has 0 aliphatic carbocycles. The number of amides is 1. The van der Waals surface area contributed by atoms with Crippen molar-refractivity contribution in [1.82, 2.24) is 20.9 Å². The van der Waals surface area contributed by atoms with E-state index in [1.165, 1.54) is 5.56 Å². The minimum atomic E-state index is -0.374. The molecule has 4 rings (SSSR count). The fourth-order valence-electron chi connectivity index (χ4n) is 4.76. The molecule has 2 aliphatic rings. The number of hydrogen-bond donors (Lipinski definition) is 4. The van der Waals surface area contributed by atoms with Crippen molar-refractivity contribution in [1.29, 1.82) is 0 Å². The number of nitrogens with one attached hydrogen (secondary N) is 3. The van der Waals surface area contributed by atoms with E-state index in [1.807, 2.05) is 36.4 Å². The van der Waals surface area contributed by atoms with Gasteiger partial charge in [0.05, 0.1) is 18.6 Å². The first kappa shape index (κ1) is 23.6. The van der Waals surface area contributed by atoms with Gasteiger partial charge >= 0.3 is 0 Å². The number of carbonyl (C=O) groups excluding carboxylic acids is 1. The minimum absolute atomic E-state index is 0.0455. The summed E-state index contributed by atoms with van der Waals surface area (Å²) in [6.45, 7) is 14.0. The molecule has 4 atom stereocenters. The lowest BCUT2D eigenvalue weighted by Gasteiger charge is -2.36. The fourth-order valence-corrected chi connectivity index (χ4v) is 4.76. The average Bonchev–Trinajstić information content (AvgIpc) is 3.23. The third-order valence-corrected chi connectivity index (χ3v) is 6.62. The van der Waals surface area contributed by atoms with Gasteiger partial charge in [-0.25, -0.2) is 0 Å². The van der Waals surface area contributed by atoms with E-state index in [2.05, 4.69) is 64.9 Å². The van der Waals surface area contributed by atoms with Gasteiger partial charge in [0.1, 0.15) is 6.04 Å². The summed E-state index contributed by atoms with van der Waals surface area (Å²) in [6, 6.07) is 19.6. The van der Waals surface area contributed by atoms with Crippen LogP contribution in [0.1, 0.15) is 17.5 Å². The molecule has 0 aromatic heterocycles. The van der Waals surface area contributed by atoms with Crippen molar-refractivity contribution in [3.8, 4) is 0 Å². The Bertz CT molecular complexity index is 1040. The first-order valence-electron chi connectivity index (χ1n) is 11.9. The molecule has 2 heterocycles. The quantitative estimate of drug-likeness (QED) is 0.567. The number of nitrogens with zero attached hydrogens (tertiary/aromatic N) is 1. The van der Waals surface area contributed by atoms with Crippen molar-refractivity contribution in [2.24, 2.45) is 5.73 Å². The summed E-state index contributed by atoms with van der Waals surface area (Å²) in [5.74, 6) is -0.0455. The van der Waals surface area contributed by atoms with Crippen LogP contribution in [0, 0.1) is 0 Å². The Labute approximate surface area is 202 Å². The average molecular weight is 458 g/mol. The summed E-state index contributed by atoms with van der Waals surface area (Å²) in [5.41, 5.74) is 11.1. The third kappa shape index (κ3) is 5.69. The van der Waals surface area contributed by atoms with E-state index in [0.29, 0.717) is 25.9 Å². The van der Waals surface area contributed by atoms with Crippen LogP contribution < -0.4 is 21.7 Å². The summed E-state index contributed by atoms with van der Waals surface area (Å²) < 4.78 is 0. The highest BCUT2D eigenvalue weighted by Crippen LogP contribution is 2.26. The maximum atomic E-state index is 13.5. The smallest absolute Gasteiger partial charge is 0.243 e. The standard InChI is InChI=1S/C28H35N5O/c1-19-17-30-20(2)25(14-22-10-6-4-7-11-22)32-28(34)27-16-24(29)18-33(27)21(3)26(31-19)15-23-12-8-5-9-13-23/h4-13,24-27,30-31H,1-3,14-18,29H2,(H,32,34)/t24?,25?,26?,27-/m1/s1. The Hall–Kier alpha value is -3.51. The van der Waals surface area contributed by atoms with Crippen molar-refractivity contribution < 1.29 is 4.79 Å². The molecule has 2 aromatic rings. The molecule has 2 saturated heterocycles. The van der Waals surface area contributed by atoms with Crippen LogP contribution in [0.5, 0.6) is 0 Å². The zero-order chi connectivity index (χ0) is 24.1. The molecule has 3 unspecified atom stereocenters. The van der Waals surface area contributed by atoms with E-state index in [-0.39, 0.29) is 30.1 Å². The van der Waals surface area contributed by atoms with Crippen molar-refractivity contribution in [3.05, 3.63) is 109 Å². The Morgan fingerprint density at radius 2 is 1.47 bits per heavy atom. The molecule has 0 spiro atoms. The van der Waals surface area contributed by atoms with Crippen LogP contribution in [-0.4, -0.2) is 48.1 Å². The first-order chi connectivity index (χ1) is 16.4. The van der Waals surface area contributed by atoms with Crippen molar-refractivity contribution in [3.63, 3.8) is 0 Å². The number of benzene rings is 2. The third-order valence-electron chi connectivity index (χ3n) is 6.62. The molecule has 6 heteroatoms. The van der Waals surface area contributed by atoms with Crippen LogP contribution in [0.25, 0.3) is 0 Å². The summed E-state index contributed by atoms with van der Waals surface area (Å²) in [6.07, 6.45) is 1.97. The Morgan fingerprint density at radius 1 is 0.882 bits per heavy atom. The molecule has 2 aliphatic heterocycles. The number of nitrogens with two attached hydrogens (primary N) is 1. The highest BCUT2D eigenvalue weighted by Gasteiger charge is 2.39. The Morgan fingerprint density at radius 3 is 2.09 bits per heavy atom. The number of carbonyl (C=O) groups is 1. The van der Waals surface area contributed by atoms with Crippen LogP contribution in [0.3, 0.4) is 0 Å². The van der Waals surface area contributed by atoms with Crippen LogP contribution in [0.15, 0.2) is 97.5 Å². The minimum Gasteiger partial charge on any atom is -0.382 e. The molecule has 34 heavy (non-hydrogen) atoms. The molecule has 2 fully saturated rings. The van der Waals surface area contributed by atoms with Crippen LogP contribution >= 0.6 is 0 Å². The summed E-state index contributed by atoms with van der Waals surface area (Å²) in [4.78, 5) is 15.6.